The zero-order valence-electron chi connectivity index (χ0n) is 18.0. The van der Waals surface area contributed by atoms with Crippen molar-refractivity contribution in [2.75, 3.05) is 17.1 Å². The van der Waals surface area contributed by atoms with Crippen LogP contribution in [0, 0.1) is 0 Å². The van der Waals surface area contributed by atoms with E-state index in [1.54, 1.807) is 42.1 Å². The van der Waals surface area contributed by atoms with Crippen molar-refractivity contribution in [2.24, 2.45) is 0 Å². The number of aromatic nitrogens is 3. The summed E-state index contributed by atoms with van der Waals surface area (Å²) in [6, 6.07) is 22.8. The van der Waals surface area contributed by atoms with Crippen LogP contribution in [0.1, 0.15) is 17.2 Å². The fourth-order valence-corrected chi connectivity index (χ4v) is 4.74. The second-order valence-electron chi connectivity index (χ2n) is 7.55. The number of hydrogen-bond acceptors (Lipinski definition) is 6. The van der Waals surface area contributed by atoms with Crippen LogP contribution < -0.4 is 14.8 Å². The molecule has 34 heavy (non-hydrogen) atoms. The molecule has 172 valence electrons. The van der Waals surface area contributed by atoms with Gasteiger partial charge >= 0.3 is 0 Å². The Hall–Kier alpha value is -3.82. The maximum absolute atomic E-state index is 12.8. The summed E-state index contributed by atoms with van der Waals surface area (Å²) in [5.41, 5.74) is 2.64. The van der Waals surface area contributed by atoms with Crippen LogP contribution in [0.5, 0.6) is 5.75 Å². The van der Waals surface area contributed by atoms with Gasteiger partial charge in [0, 0.05) is 10.7 Å². The molecule has 8 nitrogen and oxygen atoms in total. The van der Waals surface area contributed by atoms with Gasteiger partial charge in [-0.2, -0.15) is 4.98 Å². The Morgan fingerprint density at radius 2 is 1.71 bits per heavy atom. The highest BCUT2D eigenvalue weighted by atomic mass is 35.5. The van der Waals surface area contributed by atoms with E-state index in [0.717, 1.165) is 22.6 Å². The number of rotatable bonds is 6. The van der Waals surface area contributed by atoms with Crippen LogP contribution in [-0.4, -0.2) is 30.3 Å². The highest BCUT2D eigenvalue weighted by Gasteiger charge is 2.27. The SMILES string of the molecule is COc1ccc(C2C=C(c3ccc(Cl)cc3)Nc3nc(NS(=O)(=O)c4ccccc4)nn32)cc1. The summed E-state index contributed by atoms with van der Waals surface area (Å²) in [7, 11) is -2.23. The van der Waals surface area contributed by atoms with E-state index in [1.807, 2.05) is 42.5 Å². The first-order valence-corrected chi connectivity index (χ1v) is 12.2. The van der Waals surface area contributed by atoms with Crippen LogP contribution in [0.25, 0.3) is 5.70 Å². The number of methoxy groups -OCH3 is 1. The number of fused-ring (bicyclic) bond motifs is 1. The molecular formula is C24H20ClN5O3S. The smallest absolute Gasteiger partial charge is 0.264 e. The van der Waals surface area contributed by atoms with Gasteiger partial charge in [0.15, 0.2) is 0 Å². The first-order valence-electron chi connectivity index (χ1n) is 10.4. The zero-order valence-corrected chi connectivity index (χ0v) is 19.6. The molecule has 1 aliphatic rings. The average Bonchev–Trinajstić information content (AvgIpc) is 3.26. The number of nitrogens with one attached hydrogen (secondary N) is 2. The maximum Gasteiger partial charge on any atom is 0.264 e. The van der Waals surface area contributed by atoms with Crippen molar-refractivity contribution in [3.63, 3.8) is 0 Å². The van der Waals surface area contributed by atoms with Crippen molar-refractivity contribution < 1.29 is 13.2 Å². The Morgan fingerprint density at radius 1 is 1.00 bits per heavy atom. The quantitative estimate of drug-likeness (QED) is 0.400. The van der Waals surface area contributed by atoms with Crippen molar-refractivity contribution in [2.45, 2.75) is 10.9 Å². The number of nitrogens with zero attached hydrogens (tertiary/aromatic N) is 3. The van der Waals surface area contributed by atoms with Gasteiger partial charge in [0.25, 0.3) is 16.0 Å². The van der Waals surface area contributed by atoms with E-state index >= 15 is 0 Å². The summed E-state index contributed by atoms with van der Waals surface area (Å²) in [6.07, 6.45) is 2.00. The lowest BCUT2D eigenvalue weighted by molar-refractivity contribution is 0.414. The summed E-state index contributed by atoms with van der Waals surface area (Å²) in [6.45, 7) is 0. The van der Waals surface area contributed by atoms with Gasteiger partial charge in [-0.1, -0.05) is 54.1 Å². The van der Waals surface area contributed by atoms with Crippen LogP contribution in [0.4, 0.5) is 11.9 Å². The van der Waals surface area contributed by atoms with Crippen molar-refractivity contribution in [3.05, 3.63) is 101 Å². The van der Waals surface area contributed by atoms with E-state index < -0.39 is 10.0 Å². The topological polar surface area (TPSA) is 98.1 Å². The molecular weight excluding hydrogens is 474 g/mol. The van der Waals surface area contributed by atoms with E-state index in [2.05, 4.69) is 20.1 Å². The van der Waals surface area contributed by atoms with E-state index in [1.165, 1.54) is 12.1 Å². The fraction of sp³-hybridized carbons (Fsp3) is 0.0833. The monoisotopic (exact) mass is 493 g/mol. The first-order chi connectivity index (χ1) is 16.4. The molecule has 0 radical (unpaired) electrons. The summed E-state index contributed by atoms with van der Waals surface area (Å²) < 4.78 is 35.0. The van der Waals surface area contributed by atoms with E-state index in [4.69, 9.17) is 16.3 Å². The van der Waals surface area contributed by atoms with Crippen LogP contribution >= 0.6 is 11.6 Å². The first kappa shape index (κ1) is 22.0. The molecule has 0 fully saturated rings. The van der Waals surface area contributed by atoms with E-state index in [9.17, 15) is 8.42 Å². The second kappa shape index (κ2) is 8.85. The number of sulfonamides is 1. The number of allylic oxidation sites excluding steroid dienone is 1. The van der Waals surface area contributed by atoms with Gasteiger partial charge in [0.2, 0.25) is 5.95 Å². The Labute approximate surface area is 201 Å². The molecule has 1 aromatic heterocycles. The van der Waals surface area contributed by atoms with E-state index in [0.29, 0.717) is 11.0 Å². The molecule has 0 bridgehead atoms. The number of halogens is 1. The third-order valence-corrected chi connectivity index (χ3v) is 6.95. The lowest BCUT2D eigenvalue weighted by Gasteiger charge is -2.24. The van der Waals surface area contributed by atoms with Crippen molar-refractivity contribution in [1.29, 1.82) is 0 Å². The lowest BCUT2D eigenvalue weighted by Crippen LogP contribution is -2.20. The molecule has 0 saturated carbocycles. The molecule has 5 rings (SSSR count). The predicted molar refractivity (Wildman–Crippen MR) is 131 cm³/mol. The Morgan fingerprint density at radius 3 is 2.38 bits per heavy atom. The fourth-order valence-electron chi connectivity index (χ4n) is 3.65. The van der Waals surface area contributed by atoms with Crippen molar-refractivity contribution in [1.82, 2.24) is 14.8 Å². The summed E-state index contributed by atoms with van der Waals surface area (Å²) in [5.74, 6) is 1.10. The van der Waals surface area contributed by atoms with Gasteiger partial charge in [0.05, 0.1) is 12.0 Å². The lowest BCUT2D eigenvalue weighted by atomic mass is 10.0. The van der Waals surface area contributed by atoms with Gasteiger partial charge in [-0.15, -0.1) is 5.10 Å². The van der Waals surface area contributed by atoms with Gasteiger partial charge in [-0.25, -0.2) is 17.8 Å². The molecule has 1 atom stereocenters. The molecule has 0 aliphatic carbocycles. The average molecular weight is 494 g/mol. The number of ether oxygens (including phenoxy) is 1. The van der Waals surface area contributed by atoms with Gasteiger partial charge in [0.1, 0.15) is 11.8 Å². The van der Waals surface area contributed by atoms with Gasteiger partial charge in [-0.05, 0) is 53.6 Å². The molecule has 0 saturated heterocycles. The van der Waals surface area contributed by atoms with Crippen LogP contribution in [0.15, 0.2) is 89.8 Å². The minimum atomic E-state index is -3.84. The maximum atomic E-state index is 12.8. The summed E-state index contributed by atoms with van der Waals surface area (Å²) >= 11 is 6.06. The molecule has 2 heterocycles. The van der Waals surface area contributed by atoms with Crippen LogP contribution in [-0.2, 0) is 10.0 Å². The molecule has 3 aromatic carbocycles. The second-order valence-corrected chi connectivity index (χ2v) is 9.67. The molecule has 2 N–H and O–H groups in total. The standard InChI is InChI=1S/C24H20ClN5O3S/c1-33-19-13-9-17(10-14-19)22-15-21(16-7-11-18(25)12-8-16)26-24-27-23(28-30(22)24)29-34(31,32)20-5-3-2-4-6-20/h2-15,22H,1H3,(H2,26,27,28,29). The zero-order chi connectivity index (χ0) is 23.7. The third-order valence-electron chi connectivity index (χ3n) is 5.36. The van der Waals surface area contributed by atoms with Crippen LogP contribution in [0.3, 0.4) is 0 Å². The normalized spacial score (nSPS) is 15.1. The largest absolute Gasteiger partial charge is 0.497 e. The van der Waals surface area contributed by atoms with E-state index in [-0.39, 0.29) is 16.9 Å². The molecule has 1 unspecified atom stereocenters. The third kappa shape index (κ3) is 4.35. The molecule has 4 aromatic rings. The number of hydrogen-bond donors (Lipinski definition) is 2. The molecule has 10 heteroatoms. The highest BCUT2D eigenvalue weighted by Crippen LogP contribution is 2.34. The predicted octanol–water partition coefficient (Wildman–Crippen LogP) is 4.80. The number of benzene rings is 3. The highest BCUT2D eigenvalue weighted by molar-refractivity contribution is 7.92. The Kier molecular flexibility index (Phi) is 5.72. The summed E-state index contributed by atoms with van der Waals surface area (Å²) in [4.78, 5) is 4.55. The van der Waals surface area contributed by atoms with Crippen LogP contribution in [0.2, 0.25) is 5.02 Å². The molecule has 0 spiro atoms. The van der Waals surface area contributed by atoms with Crippen molar-refractivity contribution in [3.8, 4) is 5.75 Å². The molecule has 0 amide bonds. The number of anilines is 2. The Balaban J connectivity index is 1.54. The molecule has 1 aliphatic heterocycles. The van der Waals surface area contributed by atoms with Gasteiger partial charge in [-0.3, -0.25) is 0 Å². The Bertz CT molecular complexity index is 1450. The summed E-state index contributed by atoms with van der Waals surface area (Å²) in [5, 5.41) is 8.34. The minimum absolute atomic E-state index is 0.0318. The van der Waals surface area contributed by atoms with Crippen molar-refractivity contribution >= 4 is 39.2 Å². The minimum Gasteiger partial charge on any atom is -0.497 e. The van der Waals surface area contributed by atoms with Gasteiger partial charge < -0.3 is 10.1 Å².